The van der Waals surface area contributed by atoms with Crippen LogP contribution in [0.5, 0.6) is 11.5 Å². The van der Waals surface area contributed by atoms with Crippen molar-refractivity contribution in [2.75, 3.05) is 47.0 Å². The van der Waals surface area contributed by atoms with E-state index >= 15 is 0 Å². The first-order valence-electron chi connectivity index (χ1n) is 8.41. The number of hydrogen-bond acceptors (Lipinski definition) is 5. The third kappa shape index (κ3) is 4.35. The Hall–Kier alpha value is -2.44. The maximum atomic E-state index is 12.6. The lowest BCUT2D eigenvalue weighted by Gasteiger charge is -2.34. The van der Waals surface area contributed by atoms with Gasteiger partial charge in [-0.3, -0.25) is 4.79 Å². The molecule has 0 saturated carbocycles. The van der Waals surface area contributed by atoms with E-state index < -0.39 is 0 Å². The van der Waals surface area contributed by atoms with Gasteiger partial charge < -0.3 is 24.0 Å². The molecule has 1 aromatic carbocycles. The van der Waals surface area contributed by atoms with Crippen LogP contribution in [0.4, 0.5) is 4.79 Å². The van der Waals surface area contributed by atoms with E-state index in [1.54, 1.807) is 30.9 Å². The van der Waals surface area contributed by atoms with Crippen LogP contribution in [-0.4, -0.2) is 68.8 Å². The number of benzene rings is 1. The minimum Gasteiger partial charge on any atom is -0.496 e. The number of rotatable bonds is 5. The Balaban J connectivity index is 1.99. The number of piperazine rings is 1. The van der Waals surface area contributed by atoms with Gasteiger partial charge >= 0.3 is 6.09 Å². The lowest BCUT2D eigenvalue weighted by molar-refractivity contribution is -0.132. The molecule has 1 heterocycles. The fourth-order valence-corrected chi connectivity index (χ4v) is 3.00. The Bertz CT molecular complexity index is 624. The summed E-state index contributed by atoms with van der Waals surface area (Å²) in [4.78, 5) is 27.7. The van der Waals surface area contributed by atoms with Crippen LogP contribution in [0.1, 0.15) is 18.1 Å². The predicted octanol–water partition coefficient (Wildman–Crippen LogP) is 1.86. The van der Waals surface area contributed by atoms with Gasteiger partial charge in [0.1, 0.15) is 11.5 Å². The van der Waals surface area contributed by atoms with E-state index in [1.807, 2.05) is 19.1 Å². The largest absolute Gasteiger partial charge is 0.496 e. The van der Waals surface area contributed by atoms with E-state index in [9.17, 15) is 9.59 Å². The second-order valence-corrected chi connectivity index (χ2v) is 5.83. The zero-order valence-electron chi connectivity index (χ0n) is 15.3. The van der Waals surface area contributed by atoms with E-state index in [0.717, 1.165) is 16.9 Å². The summed E-state index contributed by atoms with van der Waals surface area (Å²) in [6.07, 6.45) is -0.0602. The summed E-state index contributed by atoms with van der Waals surface area (Å²) >= 11 is 0. The molecule has 2 rings (SSSR count). The van der Waals surface area contributed by atoms with Crippen molar-refractivity contribution in [3.63, 3.8) is 0 Å². The maximum Gasteiger partial charge on any atom is 0.409 e. The topological polar surface area (TPSA) is 68.3 Å². The number of ether oxygens (including phenoxy) is 3. The van der Waals surface area contributed by atoms with Crippen LogP contribution in [-0.2, 0) is 16.0 Å². The van der Waals surface area contributed by atoms with Gasteiger partial charge in [-0.15, -0.1) is 0 Å². The standard InChI is InChI=1S/C18H26N2O5/c1-5-25-18(22)20-10-8-19(9-11-20)16(21)12-14-6-7-15(23-3)13(2)17(14)24-4/h6-7H,5,8-12H2,1-4H3. The Morgan fingerprint density at radius 1 is 1.04 bits per heavy atom. The van der Waals surface area contributed by atoms with Crippen LogP contribution in [0, 0.1) is 6.92 Å². The summed E-state index contributed by atoms with van der Waals surface area (Å²) in [5.41, 5.74) is 1.71. The third-order valence-electron chi connectivity index (χ3n) is 4.36. The molecule has 1 aliphatic rings. The summed E-state index contributed by atoms with van der Waals surface area (Å²) in [6, 6.07) is 3.70. The molecule has 1 saturated heterocycles. The van der Waals surface area contributed by atoms with Gasteiger partial charge in [-0.25, -0.2) is 4.79 Å². The highest BCUT2D eigenvalue weighted by molar-refractivity contribution is 5.80. The van der Waals surface area contributed by atoms with Crippen molar-refractivity contribution in [3.05, 3.63) is 23.3 Å². The molecule has 0 atom stereocenters. The highest BCUT2D eigenvalue weighted by Crippen LogP contribution is 2.31. The quantitative estimate of drug-likeness (QED) is 0.811. The molecule has 25 heavy (non-hydrogen) atoms. The minimum atomic E-state index is -0.318. The number of amides is 2. The third-order valence-corrected chi connectivity index (χ3v) is 4.36. The van der Waals surface area contributed by atoms with Crippen molar-refractivity contribution in [1.82, 2.24) is 9.80 Å². The first-order valence-corrected chi connectivity index (χ1v) is 8.41. The first kappa shape index (κ1) is 18.9. The van der Waals surface area contributed by atoms with Gasteiger partial charge in [-0.1, -0.05) is 6.07 Å². The van der Waals surface area contributed by atoms with Gasteiger partial charge in [0, 0.05) is 37.3 Å². The molecule has 0 radical (unpaired) electrons. The molecule has 0 unspecified atom stereocenters. The Morgan fingerprint density at radius 3 is 2.24 bits per heavy atom. The predicted molar refractivity (Wildman–Crippen MR) is 93.2 cm³/mol. The molecule has 0 N–H and O–H groups in total. The number of carbonyl (C=O) groups is 2. The Labute approximate surface area is 148 Å². The minimum absolute atomic E-state index is 0.0198. The summed E-state index contributed by atoms with van der Waals surface area (Å²) in [5.74, 6) is 1.43. The lowest BCUT2D eigenvalue weighted by atomic mass is 10.0. The molecule has 0 aliphatic carbocycles. The van der Waals surface area contributed by atoms with Crippen molar-refractivity contribution in [2.24, 2.45) is 0 Å². The molecular weight excluding hydrogens is 324 g/mol. The van der Waals surface area contributed by atoms with E-state index in [2.05, 4.69) is 0 Å². The molecule has 2 amide bonds. The van der Waals surface area contributed by atoms with Crippen LogP contribution in [0.2, 0.25) is 0 Å². The summed E-state index contributed by atoms with van der Waals surface area (Å²) in [5, 5.41) is 0. The van der Waals surface area contributed by atoms with Crippen LogP contribution in [0.15, 0.2) is 12.1 Å². The molecule has 1 aliphatic heterocycles. The number of nitrogens with zero attached hydrogens (tertiary/aromatic N) is 2. The Kier molecular flexibility index (Phi) is 6.50. The summed E-state index contributed by atoms with van der Waals surface area (Å²) < 4.78 is 15.7. The van der Waals surface area contributed by atoms with E-state index in [-0.39, 0.29) is 18.4 Å². The monoisotopic (exact) mass is 350 g/mol. The van der Waals surface area contributed by atoms with E-state index in [1.165, 1.54) is 0 Å². The molecule has 138 valence electrons. The van der Waals surface area contributed by atoms with Crippen LogP contribution in [0.3, 0.4) is 0 Å². The fraction of sp³-hybridized carbons (Fsp3) is 0.556. The maximum absolute atomic E-state index is 12.6. The SMILES string of the molecule is CCOC(=O)N1CCN(C(=O)Cc2ccc(OC)c(C)c2OC)CC1. The van der Waals surface area contributed by atoms with Gasteiger partial charge in [0.05, 0.1) is 27.2 Å². The fourth-order valence-electron chi connectivity index (χ4n) is 3.00. The van der Waals surface area contributed by atoms with Gasteiger partial charge in [0.25, 0.3) is 0 Å². The van der Waals surface area contributed by atoms with Gasteiger partial charge in [-0.05, 0) is 19.9 Å². The molecule has 1 fully saturated rings. The van der Waals surface area contributed by atoms with Gasteiger partial charge in [-0.2, -0.15) is 0 Å². The molecular formula is C18H26N2O5. The average Bonchev–Trinajstić information content (AvgIpc) is 2.62. The molecule has 0 spiro atoms. The summed E-state index contributed by atoms with van der Waals surface area (Å²) in [7, 11) is 3.20. The van der Waals surface area contributed by atoms with E-state index in [4.69, 9.17) is 14.2 Å². The second-order valence-electron chi connectivity index (χ2n) is 5.83. The van der Waals surface area contributed by atoms with Crippen molar-refractivity contribution in [1.29, 1.82) is 0 Å². The average molecular weight is 350 g/mol. The van der Waals surface area contributed by atoms with Gasteiger partial charge in [0.15, 0.2) is 0 Å². The number of methoxy groups -OCH3 is 2. The highest BCUT2D eigenvalue weighted by Gasteiger charge is 2.25. The molecule has 0 bridgehead atoms. The molecule has 7 nitrogen and oxygen atoms in total. The lowest BCUT2D eigenvalue weighted by Crippen LogP contribution is -2.51. The summed E-state index contributed by atoms with van der Waals surface area (Å²) in [6.45, 7) is 6.04. The van der Waals surface area contributed by atoms with Crippen LogP contribution in [0.25, 0.3) is 0 Å². The number of carbonyl (C=O) groups excluding carboxylic acids is 2. The molecule has 0 aromatic heterocycles. The highest BCUT2D eigenvalue weighted by atomic mass is 16.6. The zero-order valence-corrected chi connectivity index (χ0v) is 15.3. The van der Waals surface area contributed by atoms with Crippen LogP contribution >= 0.6 is 0 Å². The van der Waals surface area contributed by atoms with Crippen molar-refractivity contribution in [3.8, 4) is 11.5 Å². The van der Waals surface area contributed by atoms with Crippen LogP contribution < -0.4 is 9.47 Å². The Morgan fingerprint density at radius 2 is 1.68 bits per heavy atom. The van der Waals surface area contributed by atoms with Crippen molar-refractivity contribution >= 4 is 12.0 Å². The van der Waals surface area contributed by atoms with E-state index in [0.29, 0.717) is 38.5 Å². The van der Waals surface area contributed by atoms with Crippen molar-refractivity contribution in [2.45, 2.75) is 20.3 Å². The zero-order chi connectivity index (χ0) is 18.4. The first-order chi connectivity index (χ1) is 12.0. The smallest absolute Gasteiger partial charge is 0.409 e. The van der Waals surface area contributed by atoms with Crippen molar-refractivity contribution < 1.29 is 23.8 Å². The second kappa shape index (κ2) is 8.60. The molecule has 7 heteroatoms. The normalized spacial score (nSPS) is 14.2. The molecule has 1 aromatic rings. The van der Waals surface area contributed by atoms with Gasteiger partial charge in [0.2, 0.25) is 5.91 Å². The number of hydrogen-bond donors (Lipinski definition) is 0.